The molecule has 2 aromatic carbocycles. The minimum absolute atomic E-state index is 0.0435. The molecule has 0 atom stereocenters. The zero-order valence-corrected chi connectivity index (χ0v) is 15.4. The number of halogens is 2. The molecule has 1 heterocycles. The van der Waals surface area contributed by atoms with Crippen molar-refractivity contribution in [2.75, 3.05) is 5.32 Å². The Hall–Kier alpha value is -2.67. The van der Waals surface area contributed by atoms with E-state index in [-0.39, 0.29) is 11.7 Å². The SMILES string of the molecule is O=C(CCCn1cc(Oc2ccc(F)cc2)cn1)Nc1cccc(Br)c1. The van der Waals surface area contributed by atoms with Gasteiger partial charge in [-0.05, 0) is 48.9 Å². The molecule has 0 aliphatic carbocycles. The standard InChI is InChI=1S/C19H17BrFN3O2/c20-14-3-1-4-16(11-14)23-19(25)5-2-10-24-13-18(12-22-24)26-17-8-6-15(21)7-9-17/h1,3-4,6-9,11-13H,2,5,10H2,(H,23,25). The van der Waals surface area contributed by atoms with Gasteiger partial charge in [-0.2, -0.15) is 5.10 Å². The van der Waals surface area contributed by atoms with Gasteiger partial charge in [-0.25, -0.2) is 4.39 Å². The average molecular weight is 418 g/mol. The topological polar surface area (TPSA) is 56.2 Å². The zero-order valence-electron chi connectivity index (χ0n) is 13.9. The number of anilines is 1. The van der Waals surface area contributed by atoms with E-state index < -0.39 is 0 Å². The number of aromatic nitrogens is 2. The number of hydrogen-bond acceptors (Lipinski definition) is 3. The first-order chi connectivity index (χ1) is 12.6. The van der Waals surface area contributed by atoms with Crippen LogP contribution in [0.15, 0.2) is 65.4 Å². The van der Waals surface area contributed by atoms with Crippen molar-refractivity contribution in [1.29, 1.82) is 0 Å². The maximum absolute atomic E-state index is 12.9. The molecule has 0 bridgehead atoms. The Kier molecular flexibility index (Phi) is 6.01. The number of nitrogens with one attached hydrogen (secondary N) is 1. The predicted molar refractivity (Wildman–Crippen MR) is 101 cm³/mol. The van der Waals surface area contributed by atoms with Crippen LogP contribution in [-0.2, 0) is 11.3 Å². The zero-order chi connectivity index (χ0) is 18.4. The van der Waals surface area contributed by atoms with E-state index in [2.05, 4.69) is 26.3 Å². The number of aryl methyl sites for hydroxylation is 1. The van der Waals surface area contributed by atoms with Gasteiger partial charge in [0.25, 0.3) is 0 Å². The van der Waals surface area contributed by atoms with Gasteiger partial charge in [0.2, 0.25) is 5.91 Å². The number of ether oxygens (including phenoxy) is 1. The minimum atomic E-state index is -0.311. The summed E-state index contributed by atoms with van der Waals surface area (Å²) in [6.07, 6.45) is 4.37. The lowest BCUT2D eigenvalue weighted by atomic mass is 10.2. The molecule has 0 unspecified atom stereocenters. The van der Waals surface area contributed by atoms with Gasteiger partial charge in [-0.1, -0.05) is 22.0 Å². The summed E-state index contributed by atoms with van der Waals surface area (Å²) >= 11 is 3.37. The summed E-state index contributed by atoms with van der Waals surface area (Å²) < 4.78 is 21.1. The Morgan fingerprint density at radius 1 is 1.19 bits per heavy atom. The fourth-order valence-electron chi connectivity index (χ4n) is 2.35. The molecule has 3 rings (SSSR count). The van der Waals surface area contributed by atoms with Gasteiger partial charge in [0.15, 0.2) is 5.75 Å². The van der Waals surface area contributed by atoms with E-state index in [9.17, 15) is 9.18 Å². The summed E-state index contributed by atoms with van der Waals surface area (Å²) in [5, 5.41) is 7.06. The van der Waals surface area contributed by atoms with Gasteiger partial charge in [0.1, 0.15) is 11.6 Å². The van der Waals surface area contributed by atoms with Crippen molar-refractivity contribution in [2.24, 2.45) is 0 Å². The molecule has 3 aromatic rings. The first-order valence-corrected chi connectivity index (χ1v) is 8.89. The molecule has 134 valence electrons. The lowest BCUT2D eigenvalue weighted by Crippen LogP contribution is -2.12. The van der Waals surface area contributed by atoms with Crippen LogP contribution in [-0.4, -0.2) is 15.7 Å². The van der Waals surface area contributed by atoms with Gasteiger partial charge in [-0.3, -0.25) is 9.48 Å². The molecule has 1 aromatic heterocycles. The molecule has 0 spiro atoms. The molecule has 5 nitrogen and oxygen atoms in total. The van der Waals surface area contributed by atoms with Crippen LogP contribution in [0.2, 0.25) is 0 Å². The van der Waals surface area contributed by atoms with Crippen molar-refractivity contribution in [3.63, 3.8) is 0 Å². The Morgan fingerprint density at radius 3 is 2.77 bits per heavy atom. The van der Waals surface area contributed by atoms with Crippen LogP contribution in [0, 0.1) is 5.82 Å². The summed E-state index contributed by atoms with van der Waals surface area (Å²) in [6.45, 7) is 0.596. The van der Waals surface area contributed by atoms with Gasteiger partial charge in [0.05, 0.1) is 12.4 Å². The molecule has 0 saturated carbocycles. The first-order valence-electron chi connectivity index (χ1n) is 8.10. The number of rotatable bonds is 7. The second-order valence-electron chi connectivity index (χ2n) is 5.66. The van der Waals surface area contributed by atoms with E-state index in [0.29, 0.717) is 30.9 Å². The predicted octanol–water partition coefficient (Wildman–Crippen LogP) is 5.00. The quantitative estimate of drug-likeness (QED) is 0.588. The van der Waals surface area contributed by atoms with E-state index in [4.69, 9.17) is 4.74 Å². The summed E-state index contributed by atoms with van der Waals surface area (Å²) in [4.78, 5) is 12.0. The highest BCUT2D eigenvalue weighted by Crippen LogP contribution is 2.21. The van der Waals surface area contributed by atoms with Crippen LogP contribution >= 0.6 is 15.9 Å². The van der Waals surface area contributed by atoms with Crippen LogP contribution in [0.4, 0.5) is 10.1 Å². The maximum Gasteiger partial charge on any atom is 0.224 e. The number of hydrogen-bond donors (Lipinski definition) is 1. The summed E-state index contributed by atoms with van der Waals surface area (Å²) in [7, 11) is 0. The third-order valence-electron chi connectivity index (χ3n) is 3.56. The molecule has 0 radical (unpaired) electrons. The van der Waals surface area contributed by atoms with E-state index in [0.717, 1.165) is 10.2 Å². The third-order valence-corrected chi connectivity index (χ3v) is 4.05. The number of carbonyl (C=O) groups excluding carboxylic acids is 1. The Labute approximate surface area is 158 Å². The van der Waals surface area contributed by atoms with E-state index in [1.54, 1.807) is 29.2 Å². The second-order valence-corrected chi connectivity index (χ2v) is 6.57. The van der Waals surface area contributed by atoms with Gasteiger partial charge < -0.3 is 10.1 Å². The lowest BCUT2D eigenvalue weighted by Gasteiger charge is -2.06. The molecular weight excluding hydrogens is 401 g/mol. The largest absolute Gasteiger partial charge is 0.454 e. The van der Waals surface area contributed by atoms with Crippen molar-refractivity contribution in [3.8, 4) is 11.5 Å². The van der Waals surface area contributed by atoms with Crippen LogP contribution in [0.25, 0.3) is 0 Å². The van der Waals surface area contributed by atoms with Crippen LogP contribution < -0.4 is 10.1 Å². The van der Waals surface area contributed by atoms with Gasteiger partial charge in [0, 0.05) is 23.1 Å². The molecule has 0 saturated heterocycles. The number of carbonyl (C=O) groups is 1. The molecule has 26 heavy (non-hydrogen) atoms. The fourth-order valence-corrected chi connectivity index (χ4v) is 2.75. The van der Waals surface area contributed by atoms with Crippen molar-refractivity contribution < 1.29 is 13.9 Å². The minimum Gasteiger partial charge on any atom is -0.454 e. The Morgan fingerprint density at radius 2 is 2.00 bits per heavy atom. The fraction of sp³-hybridized carbons (Fsp3) is 0.158. The summed E-state index contributed by atoms with van der Waals surface area (Å²) in [6, 6.07) is 13.2. The molecular formula is C19H17BrFN3O2. The first kappa shape index (κ1) is 18.1. The second kappa shape index (κ2) is 8.62. The van der Waals surface area contributed by atoms with Crippen molar-refractivity contribution in [1.82, 2.24) is 9.78 Å². The molecule has 0 aliphatic rings. The van der Waals surface area contributed by atoms with Crippen LogP contribution in [0.5, 0.6) is 11.5 Å². The molecule has 0 fully saturated rings. The maximum atomic E-state index is 12.9. The van der Waals surface area contributed by atoms with Crippen LogP contribution in [0.1, 0.15) is 12.8 Å². The summed E-state index contributed by atoms with van der Waals surface area (Å²) in [5.41, 5.74) is 0.762. The van der Waals surface area contributed by atoms with E-state index in [1.807, 2.05) is 24.3 Å². The van der Waals surface area contributed by atoms with Crippen molar-refractivity contribution in [3.05, 3.63) is 71.2 Å². The number of nitrogens with zero attached hydrogens (tertiary/aromatic N) is 2. The number of amides is 1. The Balaban J connectivity index is 1.44. The van der Waals surface area contributed by atoms with Crippen molar-refractivity contribution >= 4 is 27.5 Å². The molecule has 1 amide bonds. The van der Waals surface area contributed by atoms with E-state index in [1.165, 1.54) is 12.1 Å². The highest BCUT2D eigenvalue weighted by atomic mass is 79.9. The molecule has 1 N–H and O–H groups in total. The third kappa shape index (κ3) is 5.42. The normalized spacial score (nSPS) is 10.5. The average Bonchev–Trinajstić information content (AvgIpc) is 3.04. The Bertz CT molecular complexity index is 881. The smallest absolute Gasteiger partial charge is 0.224 e. The highest BCUT2D eigenvalue weighted by molar-refractivity contribution is 9.10. The molecule has 7 heteroatoms. The molecule has 0 aliphatic heterocycles. The number of benzene rings is 2. The highest BCUT2D eigenvalue weighted by Gasteiger charge is 2.05. The van der Waals surface area contributed by atoms with Crippen LogP contribution in [0.3, 0.4) is 0 Å². The lowest BCUT2D eigenvalue weighted by molar-refractivity contribution is -0.116. The monoisotopic (exact) mass is 417 g/mol. The summed E-state index contributed by atoms with van der Waals surface area (Å²) in [5.74, 6) is 0.752. The van der Waals surface area contributed by atoms with Gasteiger partial charge in [-0.15, -0.1) is 0 Å². The van der Waals surface area contributed by atoms with Gasteiger partial charge >= 0.3 is 0 Å². The van der Waals surface area contributed by atoms with E-state index >= 15 is 0 Å². The van der Waals surface area contributed by atoms with Crippen molar-refractivity contribution in [2.45, 2.75) is 19.4 Å².